The monoisotopic (exact) mass is 432 g/mol. The Labute approximate surface area is 167 Å². The average molecular weight is 432 g/mol. The number of amides is 2. The SMILES string of the molecule is CC(=CC(C(=O)N(C)C)=C(C)OC(=O)NCCS(=O)(=O)O)c1ccc(F)cc1F. The van der Waals surface area contributed by atoms with Crippen LogP contribution in [-0.2, 0) is 19.6 Å². The van der Waals surface area contributed by atoms with E-state index in [9.17, 15) is 26.8 Å². The first-order valence-electron chi connectivity index (χ1n) is 8.29. The number of nitrogens with one attached hydrogen (secondary N) is 1. The average Bonchev–Trinajstić information content (AvgIpc) is 2.57. The summed E-state index contributed by atoms with van der Waals surface area (Å²) in [4.78, 5) is 25.5. The highest BCUT2D eigenvalue weighted by molar-refractivity contribution is 7.85. The molecule has 0 aliphatic carbocycles. The number of halogens is 2. The Morgan fingerprint density at radius 3 is 2.38 bits per heavy atom. The summed E-state index contributed by atoms with van der Waals surface area (Å²) in [5, 5.41) is 2.11. The second-order valence-corrected chi connectivity index (χ2v) is 7.80. The highest BCUT2D eigenvalue weighted by Crippen LogP contribution is 2.22. The third-order valence-electron chi connectivity index (χ3n) is 3.61. The number of carbonyl (C=O) groups excluding carboxylic acids is 2. The number of alkyl carbamates (subject to hydrolysis) is 1. The lowest BCUT2D eigenvalue weighted by Gasteiger charge is -2.15. The fourth-order valence-electron chi connectivity index (χ4n) is 2.17. The van der Waals surface area contributed by atoms with E-state index in [4.69, 9.17) is 9.29 Å². The topological polar surface area (TPSA) is 113 Å². The number of benzene rings is 1. The van der Waals surface area contributed by atoms with Gasteiger partial charge in [-0.15, -0.1) is 0 Å². The van der Waals surface area contributed by atoms with E-state index in [1.807, 2.05) is 0 Å². The van der Waals surface area contributed by atoms with Gasteiger partial charge in [0.15, 0.2) is 0 Å². The zero-order chi connectivity index (χ0) is 22.4. The molecule has 2 N–H and O–H groups in total. The number of likely N-dealkylation sites (N-methyl/N-ethyl adjacent to an activating group) is 1. The van der Waals surface area contributed by atoms with E-state index in [1.54, 1.807) is 0 Å². The standard InChI is InChI=1S/C18H22F2N2O6S/c1-11(14-6-5-13(19)10-16(14)20)9-15(17(23)22(3)4)12(2)28-18(24)21-7-8-29(25,26)27/h5-6,9-10H,7-8H2,1-4H3,(H,21,24)(H,25,26,27). The Hall–Kier alpha value is -2.79. The maximum Gasteiger partial charge on any atom is 0.412 e. The molecule has 0 unspecified atom stereocenters. The van der Waals surface area contributed by atoms with E-state index in [1.165, 1.54) is 45.0 Å². The normalized spacial score (nSPS) is 12.9. The molecule has 1 rings (SSSR count). The molecule has 1 aromatic rings. The van der Waals surface area contributed by atoms with Crippen molar-refractivity contribution in [2.24, 2.45) is 0 Å². The number of carbonyl (C=O) groups is 2. The molecule has 0 saturated heterocycles. The van der Waals surface area contributed by atoms with Crippen LogP contribution >= 0.6 is 0 Å². The third kappa shape index (κ3) is 8.00. The summed E-state index contributed by atoms with van der Waals surface area (Å²) in [5.41, 5.74) is 0.268. The number of allylic oxidation sites excluding steroid dienone is 2. The van der Waals surface area contributed by atoms with Gasteiger partial charge in [0, 0.05) is 32.3 Å². The molecule has 0 aliphatic rings. The predicted molar refractivity (Wildman–Crippen MR) is 102 cm³/mol. The van der Waals surface area contributed by atoms with Crippen molar-refractivity contribution in [3.63, 3.8) is 0 Å². The van der Waals surface area contributed by atoms with Gasteiger partial charge in [0.2, 0.25) is 0 Å². The van der Waals surface area contributed by atoms with Gasteiger partial charge < -0.3 is 15.0 Å². The second kappa shape index (κ2) is 10.1. The highest BCUT2D eigenvalue weighted by Gasteiger charge is 2.18. The van der Waals surface area contributed by atoms with Crippen LogP contribution in [0.1, 0.15) is 19.4 Å². The van der Waals surface area contributed by atoms with Crippen LogP contribution in [0.25, 0.3) is 5.57 Å². The molecule has 29 heavy (non-hydrogen) atoms. The van der Waals surface area contributed by atoms with E-state index >= 15 is 0 Å². The van der Waals surface area contributed by atoms with Gasteiger partial charge >= 0.3 is 6.09 Å². The van der Waals surface area contributed by atoms with Crippen LogP contribution in [0.3, 0.4) is 0 Å². The summed E-state index contributed by atoms with van der Waals surface area (Å²) in [6.07, 6.45) is 0.244. The predicted octanol–water partition coefficient (Wildman–Crippen LogP) is 2.34. The van der Waals surface area contributed by atoms with E-state index < -0.39 is 46.1 Å². The molecule has 11 heteroatoms. The minimum absolute atomic E-state index is 0.0564. The van der Waals surface area contributed by atoms with E-state index in [2.05, 4.69) is 5.32 Å². The minimum Gasteiger partial charge on any atom is -0.414 e. The molecule has 0 aliphatic heterocycles. The van der Waals surface area contributed by atoms with Crippen molar-refractivity contribution in [3.05, 3.63) is 52.8 Å². The van der Waals surface area contributed by atoms with Crippen LogP contribution in [0.5, 0.6) is 0 Å². The summed E-state index contributed by atoms with van der Waals surface area (Å²) in [6.45, 7) is 2.42. The number of hydrogen-bond acceptors (Lipinski definition) is 5. The van der Waals surface area contributed by atoms with Crippen LogP contribution in [0.2, 0.25) is 0 Å². The summed E-state index contributed by atoms with van der Waals surface area (Å²) in [5.74, 6) is -2.96. The Balaban J connectivity index is 3.16. The molecule has 0 aromatic heterocycles. The van der Waals surface area contributed by atoms with Crippen LogP contribution in [-0.4, -0.2) is 56.3 Å². The van der Waals surface area contributed by atoms with Crippen molar-refractivity contribution in [2.75, 3.05) is 26.4 Å². The van der Waals surface area contributed by atoms with Crippen molar-refractivity contribution in [1.82, 2.24) is 10.2 Å². The summed E-state index contributed by atoms with van der Waals surface area (Å²) in [6, 6.07) is 2.99. The van der Waals surface area contributed by atoms with E-state index in [0.717, 1.165) is 6.07 Å². The third-order valence-corrected chi connectivity index (χ3v) is 4.33. The molecular weight excluding hydrogens is 410 g/mol. The smallest absolute Gasteiger partial charge is 0.412 e. The van der Waals surface area contributed by atoms with Crippen LogP contribution < -0.4 is 5.32 Å². The van der Waals surface area contributed by atoms with Crippen molar-refractivity contribution in [3.8, 4) is 0 Å². The molecule has 8 nitrogen and oxygen atoms in total. The number of rotatable bonds is 7. The highest BCUT2D eigenvalue weighted by atomic mass is 32.2. The Morgan fingerprint density at radius 2 is 1.86 bits per heavy atom. The quantitative estimate of drug-likeness (QED) is 0.296. The lowest BCUT2D eigenvalue weighted by molar-refractivity contribution is -0.124. The van der Waals surface area contributed by atoms with Gasteiger partial charge in [-0.1, -0.05) is 0 Å². The van der Waals surface area contributed by atoms with Crippen LogP contribution in [0.4, 0.5) is 13.6 Å². The second-order valence-electron chi connectivity index (χ2n) is 6.22. The molecule has 0 saturated carbocycles. The van der Waals surface area contributed by atoms with E-state index in [-0.39, 0.29) is 22.5 Å². The zero-order valence-electron chi connectivity index (χ0n) is 16.3. The van der Waals surface area contributed by atoms with Crippen molar-refractivity contribution < 1.29 is 36.1 Å². The van der Waals surface area contributed by atoms with Gasteiger partial charge in [-0.3, -0.25) is 9.35 Å². The Morgan fingerprint density at radius 1 is 1.24 bits per heavy atom. The maximum absolute atomic E-state index is 14.0. The molecule has 0 heterocycles. The molecule has 1 aromatic carbocycles. The Kier molecular flexibility index (Phi) is 8.46. The Bertz CT molecular complexity index is 955. The fraction of sp³-hybridized carbons (Fsp3) is 0.333. The minimum atomic E-state index is -4.26. The van der Waals surface area contributed by atoms with Gasteiger partial charge in [0.05, 0.1) is 11.3 Å². The van der Waals surface area contributed by atoms with Gasteiger partial charge in [0.25, 0.3) is 16.0 Å². The molecular formula is C18H22F2N2O6S. The molecule has 0 atom stereocenters. The number of hydrogen-bond donors (Lipinski definition) is 2. The van der Waals surface area contributed by atoms with Gasteiger partial charge in [-0.2, -0.15) is 8.42 Å². The first kappa shape index (κ1) is 24.2. The summed E-state index contributed by atoms with van der Waals surface area (Å²) in [7, 11) is -1.33. The number of ether oxygens (including phenoxy) is 1. The number of nitrogens with zero attached hydrogens (tertiary/aromatic N) is 1. The zero-order valence-corrected chi connectivity index (χ0v) is 17.1. The summed E-state index contributed by atoms with van der Waals surface area (Å²) < 4.78 is 62.0. The van der Waals surface area contributed by atoms with Gasteiger partial charge in [-0.05, 0) is 37.6 Å². The molecule has 0 spiro atoms. The molecule has 0 radical (unpaired) electrons. The molecule has 0 bridgehead atoms. The van der Waals surface area contributed by atoms with Crippen molar-refractivity contribution >= 4 is 27.7 Å². The maximum atomic E-state index is 14.0. The first-order chi connectivity index (χ1) is 13.3. The lowest BCUT2D eigenvalue weighted by Crippen LogP contribution is -2.30. The van der Waals surface area contributed by atoms with Crippen LogP contribution in [0.15, 0.2) is 35.6 Å². The molecule has 160 valence electrons. The van der Waals surface area contributed by atoms with Crippen LogP contribution in [0, 0.1) is 11.6 Å². The largest absolute Gasteiger partial charge is 0.414 e. The van der Waals surface area contributed by atoms with Crippen molar-refractivity contribution in [2.45, 2.75) is 13.8 Å². The van der Waals surface area contributed by atoms with Crippen molar-refractivity contribution in [1.29, 1.82) is 0 Å². The van der Waals surface area contributed by atoms with Gasteiger partial charge in [-0.25, -0.2) is 13.6 Å². The fourth-order valence-corrected chi connectivity index (χ4v) is 2.53. The molecule has 0 fully saturated rings. The first-order valence-corrected chi connectivity index (χ1v) is 9.90. The lowest BCUT2D eigenvalue weighted by atomic mass is 10.0. The van der Waals surface area contributed by atoms with Gasteiger partial charge in [0.1, 0.15) is 17.4 Å². The van der Waals surface area contributed by atoms with E-state index in [0.29, 0.717) is 6.07 Å². The summed E-state index contributed by atoms with van der Waals surface area (Å²) >= 11 is 0. The molecule has 2 amide bonds.